The van der Waals surface area contributed by atoms with Gasteiger partial charge in [-0.25, -0.2) is 0 Å². The second kappa shape index (κ2) is 4.85. The zero-order valence-corrected chi connectivity index (χ0v) is 12.1. The van der Waals surface area contributed by atoms with Gasteiger partial charge in [0.15, 0.2) is 0 Å². The lowest BCUT2D eigenvalue weighted by molar-refractivity contribution is 0.944. The van der Waals surface area contributed by atoms with Crippen molar-refractivity contribution in [2.75, 3.05) is 6.54 Å². The molecule has 1 heteroatoms. The van der Waals surface area contributed by atoms with Crippen LogP contribution in [0.4, 0.5) is 0 Å². The summed E-state index contributed by atoms with van der Waals surface area (Å²) in [5, 5.41) is 2.58. The van der Waals surface area contributed by atoms with Gasteiger partial charge in [-0.1, -0.05) is 60.7 Å². The minimum atomic E-state index is 0.884. The zero-order valence-electron chi connectivity index (χ0n) is 12.1. The normalized spacial score (nSPS) is 13.9. The highest BCUT2D eigenvalue weighted by molar-refractivity contribution is 6.21. The Hall–Kier alpha value is -2.41. The first-order chi connectivity index (χ1) is 10.3. The van der Waals surface area contributed by atoms with Crippen LogP contribution in [-0.2, 0) is 6.42 Å². The SMILES string of the molecule is Cc1ccc2ccccc2c1C1=NCCc2ccccc21. The number of rotatable bonds is 1. The molecule has 0 unspecified atom stereocenters. The Balaban J connectivity index is 2.03. The van der Waals surface area contributed by atoms with Crippen LogP contribution in [0.1, 0.15) is 22.3 Å². The van der Waals surface area contributed by atoms with Crippen molar-refractivity contribution in [3.8, 4) is 0 Å². The van der Waals surface area contributed by atoms with Gasteiger partial charge in [-0.15, -0.1) is 0 Å². The zero-order chi connectivity index (χ0) is 14.2. The molecule has 0 spiro atoms. The van der Waals surface area contributed by atoms with Crippen molar-refractivity contribution in [2.24, 2.45) is 4.99 Å². The molecule has 0 aromatic heterocycles. The average molecular weight is 271 g/mol. The van der Waals surface area contributed by atoms with Crippen molar-refractivity contribution >= 4 is 16.5 Å². The Bertz CT molecular complexity index is 859. The molecule has 3 aromatic rings. The van der Waals surface area contributed by atoms with E-state index in [1.54, 1.807) is 0 Å². The highest BCUT2D eigenvalue weighted by Gasteiger charge is 2.18. The summed E-state index contributed by atoms with van der Waals surface area (Å²) >= 11 is 0. The summed E-state index contributed by atoms with van der Waals surface area (Å²) in [6.07, 6.45) is 1.05. The summed E-state index contributed by atoms with van der Waals surface area (Å²) in [6, 6.07) is 21.7. The van der Waals surface area contributed by atoms with Crippen LogP contribution in [-0.4, -0.2) is 12.3 Å². The van der Waals surface area contributed by atoms with E-state index < -0.39 is 0 Å². The molecule has 1 aliphatic heterocycles. The van der Waals surface area contributed by atoms with Crippen molar-refractivity contribution in [1.82, 2.24) is 0 Å². The Kier molecular flexibility index (Phi) is 2.85. The second-order valence-corrected chi connectivity index (χ2v) is 5.62. The molecule has 1 nitrogen and oxygen atoms in total. The van der Waals surface area contributed by atoms with E-state index in [1.807, 2.05) is 0 Å². The van der Waals surface area contributed by atoms with Crippen LogP contribution in [0.25, 0.3) is 10.8 Å². The summed E-state index contributed by atoms with van der Waals surface area (Å²) in [7, 11) is 0. The molecule has 0 saturated heterocycles. The fourth-order valence-corrected chi connectivity index (χ4v) is 3.25. The van der Waals surface area contributed by atoms with Gasteiger partial charge < -0.3 is 0 Å². The highest BCUT2D eigenvalue weighted by atomic mass is 14.7. The third-order valence-corrected chi connectivity index (χ3v) is 4.30. The fraction of sp³-hybridized carbons (Fsp3) is 0.150. The Labute approximate surface area is 125 Å². The Morgan fingerprint density at radius 3 is 2.62 bits per heavy atom. The molecule has 0 N–H and O–H groups in total. The lowest BCUT2D eigenvalue weighted by Crippen LogP contribution is -2.15. The van der Waals surface area contributed by atoms with Gasteiger partial charge in [0.1, 0.15) is 0 Å². The van der Waals surface area contributed by atoms with Gasteiger partial charge in [0.2, 0.25) is 0 Å². The summed E-state index contributed by atoms with van der Waals surface area (Å²) in [6.45, 7) is 3.07. The van der Waals surface area contributed by atoms with Crippen molar-refractivity contribution in [2.45, 2.75) is 13.3 Å². The fourth-order valence-electron chi connectivity index (χ4n) is 3.25. The van der Waals surface area contributed by atoms with Crippen LogP contribution in [0.2, 0.25) is 0 Å². The minimum Gasteiger partial charge on any atom is -0.284 e. The van der Waals surface area contributed by atoms with Gasteiger partial charge in [-0.05, 0) is 35.2 Å². The van der Waals surface area contributed by atoms with E-state index in [9.17, 15) is 0 Å². The largest absolute Gasteiger partial charge is 0.284 e. The van der Waals surface area contributed by atoms with Crippen LogP contribution in [0.3, 0.4) is 0 Å². The molecule has 0 bridgehead atoms. The smallest absolute Gasteiger partial charge is 0.0730 e. The quantitative estimate of drug-likeness (QED) is 0.616. The number of hydrogen-bond acceptors (Lipinski definition) is 1. The summed E-state index contributed by atoms with van der Waals surface area (Å²) < 4.78 is 0. The number of nitrogens with zero attached hydrogens (tertiary/aromatic N) is 1. The van der Waals surface area contributed by atoms with E-state index in [1.165, 1.54) is 33.0 Å². The molecule has 4 rings (SSSR count). The molecular weight excluding hydrogens is 254 g/mol. The molecule has 0 radical (unpaired) electrons. The van der Waals surface area contributed by atoms with Crippen molar-refractivity contribution in [1.29, 1.82) is 0 Å². The molecule has 21 heavy (non-hydrogen) atoms. The summed E-state index contributed by atoms with van der Waals surface area (Å²) in [4.78, 5) is 4.87. The van der Waals surface area contributed by atoms with Gasteiger partial charge in [0.25, 0.3) is 0 Å². The van der Waals surface area contributed by atoms with Crippen molar-refractivity contribution in [3.63, 3.8) is 0 Å². The van der Waals surface area contributed by atoms with Gasteiger partial charge in [0.05, 0.1) is 5.71 Å². The van der Waals surface area contributed by atoms with E-state index in [-0.39, 0.29) is 0 Å². The predicted octanol–water partition coefficient (Wildman–Crippen LogP) is 4.54. The van der Waals surface area contributed by atoms with E-state index in [0.29, 0.717) is 0 Å². The number of fused-ring (bicyclic) bond motifs is 2. The van der Waals surface area contributed by atoms with Gasteiger partial charge in [-0.3, -0.25) is 4.99 Å². The van der Waals surface area contributed by atoms with Gasteiger partial charge in [0, 0.05) is 17.7 Å². The molecule has 0 atom stereocenters. The highest BCUT2D eigenvalue weighted by Crippen LogP contribution is 2.28. The molecule has 0 fully saturated rings. The molecule has 1 heterocycles. The molecule has 102 valence electrons. The van der Waals surface area contributed by atoms with E-state index in [0.717, 1.165) is 18.7 Å². The third kappa shape index (κ3) is 1.97. The number of hydrogen-bond donors (Lipinski definition) is 0. The van der Waals surface area contributed by atoms with Gasteiger partial charge >= 0.3 is 0 Å². The second-order valence-electron chi connectivity index (χ2n) is 5.62. The molecule has 0 saturated carbocycles. The van der Waals surface area contributed by atoms with Crippen LogP contribution in [0, 0.1) is 6.92 Å². The standard InChI is InChI=1S/C20H17N/c1-14-10-11-15-6-2-4-8-17(15)19(14)20-18-9-5-3-7-16(18)12-13-21-20/h2-11H,12-13H2,1H3. The lowest BCUT2D eigenvalue weighted by atomic mass is 9.88. The monoisotopic (exact) mass is 271 g/mol. The summed E-state index contributed by atoms with van der Waals surface area (Å²) in [5.41, 5.74) is 6.45. The average Bonchev–Trinajstić information content (AvgIpc) is 2.54. The maximum Gasteiger partial charge on any atom is 0.0730 e. The number of aliphatic imine (C=N–C) groups is 1. The lowest BCUT2D eigenvalue weighted by Gasteiger charge is -2.20. The minimum absolute atomic E-state index is 0.884. The Morgan fingerprint density at radius 2 is 1.67 bits per heavy atom. The number of aryl methyl sites for hydroxylation is 1. The van der Waals surface area contributed by atoms with Crippen molar-refractivity contribution in [3.05, 3.63) is 82.9 Å². The van der Waals surface area contributed by atoms with Crippen LogP contribution >= 0.6 is 0 Å². The van der Waals surface area contributed by atoms with Gasteiger partial charge in [-0.2, -0.15) is 0 Å². The van der Waals surface area contributed by atoms with Crippen LogP contribution in [0.15, 0.2) is 65.7 Å². The van der Waals surface area contributed by atoms with Crippen LogP contribution < -0.4 is 0 Å². The van der Waals surface area contributed by atoms with Crippen LogP contribution in [0.5, 0.6) is 0 Å². The predicted molar refractivity (Wildman–Crippen MR) is 89.3 cm³/mol. The third-order valence-electron chi connectivity index (χ3n) is 4.30. The van der Waals surface area contributed by atoms with Crippen molar-refractivity contribution < 1.29 is 0 Å². The van der Waals surface area contributed by atoms with E-state index >= 15 is 0 Å². The maximum atomic E-state index is 4.87. The summed E-state index contributed by atoms with van der Waals surface area (Å²) in [5.74, 6) is 0. The molecule has 0 amide bonds. The Morgan fingerprint density at radius 1 is 0.857 bits per heavy atom. The van der Waals surface area contributed by atoms with E-state index in [4.69, 9.17) is 4.99 Å². The number of benzene rings is 3. The molecule has 0 aliphatic carbocycles. The first-order valence-electron chi connectivity index (χ1n) is 7.46. The first kappa shape index (κ1) is 12.3. The first-order valence-corrected chi connectivity index (χ1v) is 7.46. The molecule has 3 aromatic carbocycles. The molecular formula is C20H17N. The topological polar surface area (TPSA) is 12.4 Å². The maximum absolute atomic E-state index is 4.87. The molecule has 1 aliphatic rings. The van der Waals surface area contributed by atoms with E-state index in [2.05, 4.69) is 67.6 Å².